The summed E-state index contributed by atoms with van der Waals surface area (Å²) in [5.41, 5.74) is 2.93. The number of hydrogen-bond donors (Lipinski definition) is 1. The molecule has 4 nitrogen and oxygen atoms in total. The third-order valence-corrected chi connectivity index (χ3v) is 4.20. The molecule has 1 aromatic carbocycles. The van der Waals surface area contributed by atoms with Crippen LogP contribution in [0.1, 0.15) is 17.5 Å². The van der Waals surface area contributed by atoms with Gasteiger partial charge in [-0.1, -0.05) is 17.7 Å². The smallest absolute Gasteiger partial charge is 0.225 e. The van der Waals surface area contributed by atoms with E-state index in [9.17, 15) is 4.79 Å². The summed E-state index contributed by atoms with van der Waals surface area (Å²) < 4.78 is 0. The summed E-state index contributed by atoms with van der Waals surface area (Å²) >= 11 is 6.06. The zero-order valence-electron chi connectivity index (χ0n) is 13.6. The van der Waals surface area contributed by atoms with Gasteiger partial charge in [0.2, 0.25) is 5.91 Å². The number of aromatic nitrogens is 1. The van der Waals surface area contributed by atoms with Crippen LogP contribution in [0.3, 0.4) is 0 Å². The fraction of sp³-hybridized carbons (Fsp3) is 0.333. The van der Waals surface area contributed by atoms with E-state index in [1.165, 1.54) is 5.56 Å². The molecule has 2 rings (SSSR count). The number of anilines is 1. The van der Waals surface area contributed by atoms with E-state index in [1.54, 1.807) is 12.4 Å². The van der Waals surface area contributed by atoms with Gasteiger partial charge in [-0.3, -0.25) is 9.78 Å². The van der Waals surface area contributed by atoms with Gasteiger partial charge >= 0.3 is 0 Å². The highest BCUT2D eigenvalue weighted by atomic mass is 35.5. The molecule has 0 saturated heterocycles. The molecule has 0 aliphatic carbocycles. The van der Waals surface area contributed by atoms with E-state index < -0.39 is 0 Å². The first kappa shape index (κ1) is 17.4. The fourth-order valence-corrected chi connectivity index (χ4v) is 2.40. The van der Waals surface area contributed by atoms with Crippen molar-refractivity contribution in [2.45, 2.75) is 19.8 Å². The lowest BCUT2D eigenvalue weighted by Gasteiger charge is -2.16. The standard InChI is InChI=1S/C18H22ClN3O/c1-14-16(19)4-3-5-17(14)21-18(23)9-13-22(2)12-8-15-6-10-20-11-7-15/h3-7,10-11H,8-9,12-13H2,1-2H3,(H,21,23). The lowest BCUT2D eigenvalue weighted by molar-refractivity contribution is -0.116. The highest BCUT2D eigenvalue weighted by molar-refractivity contribution is 6.31. The molecular weight excluding hydrogens is 310 g/mol. The molecule has 0 unspecified atom stereocenters. The molecule has 1 aromatic heterocycles. The van der Waals surface area contributed by atoms with Crippen LogP contribution in [0.5, 0.6) is 0 Å². The summed E-state index contributed by atoms with van der Waals surface area (Å²) in [6.45, 7) is 3.53. The van der Waals surface area contributed by atoms with E-state index in [-0.39, 0.29) is 5.91 Å². The quantitative estimate of drug-likeness (QED) is 0.844. The van der Waals surface area contributed by atoms with E-state index in [4.69, 9.17) is 11.6 Å². The first-order chi connectivity index (χ1) is 11.1. The molecule has 0 aliphatic rings. The Morgan fingerprint density at radius 1 is 1.22 bits per heavy atom. The normalized spacial score (nSPS) is 10.8. The summed E-state index contributed by atoms with van der Waals surface area (Å²) in [7, 11) is 2.03. The van der Waals surface area contributed by atoms with Gasteiger partial charge in [0.25, 0.3) is 0 Å². The molecule has 2 aromatic rings. The van der Waals surface area contributed by atoms with Gasteiger partial charge in [0.05, 0.1) is 0 Å². The van der Waals surface area contributed by atoms with Crippen molar-refractivity contribution >= 4 is 23.2 Å². The van der Waals surface area contributed by atoms with E-state index in [2.05, 4.69) is 15.2 Å². The van der Waals surface area contributed by atoms with Crippen LogP contribution in [0, 0.1) is 6.92 Å². The van der Waals surface area contributed by atoms with Gasteiger partial charge in [-0.2, -0.15) is 0 Å². The van der Waals surface area contributed by atoms with Gasteiger partial charge in [0.15, 0.2) is 0 Å². The van der Waals surface area contributed by atoms with Crippen LogP contribution in [-0.2, 0) is 11.2 Å². The van der Waals surface area contributed by atoms with Gasteiger partial charge in [0, 0.05) is 42.6 Å². The van der Waals surface area contributed by atoms with Crippen molar-refractivity contribution in [3.8, 4) is 0 Å². The average Bonchev–Trinajstić information content (AvgIpc) is 2.56. The Bertz CT molecular complexity index is 646. The number of rotatable bonds is 7. The van der Waals surface area contributed by atoms with Crippen LogP contribution < -0.4 is 5.32 Å². The number of benzene rings is 1. The summed E-state index contributed by atoms with van der Waals surface area (Å²) in [5.74, 6) is 0.00567. The Morgan fingerprint density at radius 2 is 1.96 bits per heavy atom. The number of halogens is 1. The Morgan fingerprint density at radius 3 is 2.70 bits per heavy atom. The number of nitrogens with one attached hydrogen (secondary N) is 1. The molecule has 1 N–H and O–H groups in total. The number of pyridine rings is 1. The molecule has 0 atom stereocenters. The Kier molecular flexibility index (Phi) is 6.56. The third-order valence-electron chi connectivity index (χ3n) is 3.79. The number of nitrogens with zero attached hydrogens (tertiary/aromatic N) is 2. The molecule has 1 amide bonds. The zero-order chi connectivity index (χ0) is 16.7. The number of hydrogen-bond acceptors (Lipinski definition) is 3. The number of amides is 1. The largest absolute Gasteiger partial charge is 0.326 e. The van der Waals surface area contributed by atoms with Crippen LogP contribution in [0.15, 0.2) is 42.7 Å². The Labute approximate surface area is 142 Å². The van der Waals surface area contributed by atoms with Crippen molar-refractivity contribution < 1.29 is 4.79 Å². The van der Waals surface area contributed by atoms with Gasteiger partial charge in [0.1, 0.15) is 0 Å². The lowest BCUT2D eigenvalue weighted by atomic mass is 10.2. The van der Waals surface area contributed by atoms with Crippen LogP contribution in [-0.4, -0.2) is 35.9 Å². The molecule has 0 fully saturated rings. The summed E-state index contributed by atoms with van der Waals surface area (Å²) in [6, 6.07) is 9.56. The maximum atomic E-state index is 12.1. The van der Waals surface area contributed by atoms with Gasteiger partial charge in [-0.05, 0) is 55.8 Å². The topological polar surface area (TPSA) is 45.2 Å². The fourth-order valence-electron chi connectivity index (χ4n) is 2.23. The van der Waals surface area contributed by atoms with Gasteiger partial charge in [-0.15, -0.1) is 0 Å². The lowest BCUT2D eigenvalue weighted by Crippen LogP contribution is -2.26. The van der Waals surface area contributed by atoms with Crippen molar-refractivity contribution in [3.05, 3.63) is 58.9 Å². The molecule has 0 saturated carbocycles. The molecule has 23 heavy (non-hydrogen) atoms. The molecule has 0 spiro atoms. The highest BCUT2D eigenvalue weighted by Crippen LogP contribution is 2.22. The average molecular weight is 332 g/mol. The van der Waals surface area contributed by atoms with E-state index in [0.29, 0.717) is 11.4 Å². The van der Waals surface area contributed by atoms with Crippen molar-refractivity contribution in [1.29, 1.82) is 0 Å². The summed E-state index contributed by atoms with van der Waals surface area (Å²) in [5, 5.41) is 3.59. The summed E-state index contributed by atoms with van der Waals surface area (Å²) in [6.07, 6.45) is 5.01. The maximum Gasteiger partial charge on any atom is 0.225 e. The van der Waals surface area contributed by atoms with Crippen LogP contribution in [0.2, 0.25) is 5.02 Å². The Hall–Kier alpha value is -1.91. The minimum atomic E-state index is 0.00567. The van der Waals surface area contributed by atoms with Crippen LogP contribution in [0.4, 0.5) is 5.69 Å². The van der Waals surface area contributed by atoms with Gasteiger partial charge < -0.3 is 10.2 Å². The van der Waals surface area contributed by atoms with Gasteiger partial charge in [-0.25, -0.2) is 0 Å². The first-order valence-electron chi connectivity index (χ1n) is 7.68. The number of carbonyl (C=O) groups is 1. The molecular formula is C18H22ClN3O. The molecule has 0 bridgehead atoms. The highest BCUT2D eigenvalue weighted by Gasteiger charge is 2.08. The van der Waals surface area contributed by atoms with Crippen molar-refractivity contribution in [1.82, 2.24) is 9.88 Å². The molecule has 122 valence electrons. The van der Waals surface area contributed by atoms with Crippen LogP contribution >= 0.6 is 11.6 Å². The minimum Gasteiger partial charge on any atom is -0.326 e. The second kappa shape index (κ2) is 8.65. The van der Waals surface area contributed by atoms with Crippen molar-refractivity contribution in [2.24, 2.45) is 0 Å². The second-order valence-electron chi connectivity index (χ2n) is 5.62. The zero-order valence-corrected chi connectivity index (χ0v) is 14.3. The SMILES string of the molecule is Cc1c(Cl)cccc1NC(=O)CCN(C)CCc1ccncc1. The number of likely N-dealkylation sites (N-methyl/N-ethyl adjacent to an activating group) is 1. The van der Waals surface area contributed by atoms with Crippen LogP contribution in [0.25, 0.3) is 0 Å². The van der Waals surface area contributed by atoms with E-state index in [0.717, 1.165) is 30.8 Å². The minimum absolute atomic E-state index is 0.00567. The van der Waals surface area contributed by atoms with E-state index >= 15 is 0 Å². The molecule has 0 radical (unpaired) electrons. The summed E-state index contributed by atoms with van der Waals surface area (Å²) in [4.78, 5) is 18.2. The predicted molar refractivity (Wildman–Crippen MR) is 94.9 cm³/mol. The van der Waals surface area contributed by atoms with E-state index in [1.807, 2.05) is 44.3 Å². The first-order valence-corrected chi connectivity index (χ1v) is 8.06. The molecule has 5 heteroatoms. The molecule has 1 heterocycles. The second-order valence-corrected chi connectivity index (χ2v) is 6.03. The maximum absolute atomic E-state index is 12.1. The van der Waals surface area contributed by atoms with Crippen molar-refractivity contribution in [2.75, 3.05) is 25.5 Å². The third kappa shape index (κ3) is 5.66. The monoisotopic (exact) mass is 331 g/mol. The van der Waals surface area contributed by atoms with Crippen molar-refractivity contribution in [3.63, 3.8) is 0 Å². The number of carbonyl (C=O) groups excluding carboxylic acids is 1. The molecule has 0 aliphatic heterocycles. The Balaban J connectivity index is 1.74. The predicted octanol–water partition coefficient (Wildman–Crippen LogP) is 3.55.